The van der Waals surface area contributed by atoms with E-state index in [9.17, 15) is 14.7 Å². The zero-order chi connectivity index (χ0) is 25.7. The summed E-state index contributed by atoms with van der Waals surface area (Å²) in [4.78, 5) is 33.7. The minimum Gasteiger partial charge on any atom is -0.457 e. The maximum Gasteiger partial charge on any atom is 0.274 e. The van der Waals surface area contributed by atoms with Gasteiger partial charge in [0.1, 0.15) is 23.0 Å². The van der Waals surface area contributed by atoms with Crippen LogP contribution in [0.3, 0.4) is 0 Å². The van der Waals surface area contributed by atoms with Gasteiger partial charge in [0, 0.05) is 38.0 Å². The number of benzene rings is 1. The molecule has 2 aliphatic carbocycles. The van der Waals surface area contributed by atoms with Gasteiger partial charge in [0.05, 0.1) is 28.9 Å². The first-order valence-corrected chi connectivity index (χ1v) is 12.7. The predicted octanol–water partition coefficient (Wildman–Crippen LogP) is 4.37. The maximum atomic E-state index is 13.3. The topological polar surface area (TPSA) is 111 Å². The summed E-state index contributed by atoms with van der Waals surface area (Å²) in [7, 11) is 1.89. The van der Waals surface area contributed by atoms with Crippen molar-refractivity contribution in [1.82, 2.24) is 19.1 Å². The maximum absolute atomic E-state index is 13.3. The Balaban J connectivity index is 1.29. The number of carbonyl (C=O) groups excluding carboxylic acids is 1. The van der Waals surface area contributed by atoms with Crippen LogP contribution in [0.5, 0.6) is 11.5 Å². The molecule has 0 spiro atoms. The number of fused-ring (bicyclic) bond motifs is 1. The highest BCUT2D eigenvalue weighted by Crippen LogP contribution is 2.41. The summed E-state index contributed by atoms with van der Waals surface area (Å²) < 4.78 is 9.63. The van der Waals surface area contributed by atoms with Gasteiger partial charge in [-0.25, -0.2) is 4.98 Å². The van der Waals surface area contributed by atoms with E-state index in [1.807, 2.05) is 42.1 Å². The van der Waals surface area contributed by atoms with Crippen molar-refractivity contribution in [2.45, 2.75) is 57.1 Å². The number of anilines is 2. The Morgan fingerprint density at radius 2 is 1.95 bits per heavy atom. The van der Waals surface area contributed by atoms with Crippen molar-refractivity contribution in [3.05, 3.63) is 70.4 Å². The molecular formula is C28H29N5O4. The van der Waals surface area contributed by atoms with Gasteiger partial charge < -0.3 is 24.3 Å². The van der Waals surface area contributed by atoms with Gasteiger partial charge in [-0.15, -0.1) is 0 Å². The van der Waals surface area contributed by atoms with Crippen LogP contribution >= 0.6 is 0 Å². The molecule has 2 saturated carbocycles. The number of ether oxygens (including phenoxy) is 1. The van der Waals surface area contributed by atoms with E-state index in [0.29, 0.717) is 34.7 Å². The van der Waals surface area contributed by atoms with Gasteiger partial charge in [0.25, 0.3) is 5.56 Å². The van der Waals surface area contributed by atoms with Crippen LogP contribution in [-0.2, 0) is 18.3 Å². The van der Waals surface area contributed by atoms with Crippen LogP contribution < -0.4 is 15.6 Å². The number of aromatic nitrogens is 4. The quantitative estimate of drug-likeness (QED) is 0.370. The highest BCUT2D eigenvalue weighted by Gasteiger charge is 2.33. The SMILES string of the molecule is CC(=O)Cc1cc(Oc2ccc3nc(Nc4cc(C5CC5)cn([C@H]5CC[C@H]5O)c4=O)n(C)c3c2)ccn1. The molecule has 0 saturated heterocycles. The molecule has 2 atom stereocenters. The second-order valence-corrected chi connectivity index (χ2v) is 10.1. The number of aliphatic hydroxyl groups is 1. The number of Topliss-reactive ketones (excluding diaryl/α,β-unsaturated/α-hetero) is 1. The van der Waals surface area contributed by atoms with Gasteiger partial charge in [0.2, 0.25) is 5.95 Å². The summed E-state index contributed by atoms with van der Waals surface area (Å²) in [5.41, 5.74) is 3.70. The molecule has 37 heavy (non-hydrogen) atoms. The summed E-state index contributed by atoms with van der Waals surface area (Å²) in [5.74, 6) is 2.28. The largest absolute Gasteiger partial charge is 0.457 e. The number of nitrogens with one attached hydrogen (secondary N) is 1. The number of aryl methyl sites for hydroxylation is 1. The van der Waals surface area contributed by atoms with Gasteiger partial charge in [-0.05, 0) is 68.4 Å². The summed E-state index contributed by atoms with van der Waals surface area (Å²) in [5, 5.41) is 13.5. The van der Waals surface area contributed by atoms with E-state index >= 15 is 0 Å². The van der Waals surface area contributed by atoms with E-state index < -0.39 is 6.10 Å². The van der Waals surface area contributed by atoms with E-state index in [1.165, 1.54) is 6.92 Å². The highest BCUT2D eigenvalue weighted by atomic mass is 16.5. The third-order valence-corrected chi connectivity index (χ3v) is 7.23. The third-order valence-electron chi connectivity index (χ3n) is 7.23. The van der Waals surface area contributed by atoms with Crippen molar-refractivity contribution in [3.8, 4) is 11.5 Å². The van der Waals surface area contributed by atoms with Gasteiger partial charge in [-0.2, -0.15) is 0 Å². The highest BCUT2D eigenvalue weighted by molar-refractivity contribution is 5.81. The monoisotopic (exact) mass is 499 g/mol. The lowest BCUT2D eigenvalue weighted by molar-refractivity contribution is -0.116. The van der Waals surface area contributed by atoms with Gasteiger partial charge in [-0.3, -0.25) is 14.6 Å². The lowest BCUT2D eigenvalue weighted by Crippen LogP contribution is -2.39. The third kappa shape index (κ3) is 4.62. The smallest absolute Gasteiger partial charge is 0.274 e. The van der Waals surface area contributed by atoms with E-state index in [0.717, 1.165) is 42.3 Å². The minimum atomic E-state index is -0.479. The zero-order valence-electron chi connectivity index (χ0n) is 20.8. The first-order chi connectivity index (χ1) is 17.9. The molecule has 0 unspecified atom stereocenters. The van der Waals surface area contributed by atoms with E-state index in [2.05, 4.69) is 10.3 Å². The number of nitrogens with zero attached hydrogens (tertiary/aromatic N) is 4. The van der Waals surface area contributed by atoms with Crippen LogP contribution in [-0.4, -0.2) is 36.1 Å². The standard InChI is InChI=1S/C28H29N5O4/c1-16(34)11-19-13-21(9-10-29-19)37-20-5-6-22-25(14-20)32(2)28(30-22)31-23-12-18(17-3-4-17)15-33(27(23)36)24-7-8-26(24)35/h5-6,9-10,12-15,17,24,26,35H,3-4,7-8,11H2,1-2H3,(H,30,31)/t24-,26+/m0/s1. The fourth-order valence-corrected chi connectivity index (χ4v) is 4.86. The Morgan fingerprint density at radius 3 is 2.65 bits per heavy atom. The van der Waals surface area contributed by atoms with E-state index in [1.54, 1.807) is 22.9 Å². The Bertz CT molecular complexity index is 1570. The average Bonchev–Trinajstić information content (AvgIpc) is 3.66. The molecule has 9 nitrogen and oxygen atoms in total. The molecule has 3 heterocycles. The molecule has 0 bridgehead atoms. The van der Waals surface area contributed by atoms with Crippen LogP contribution in [0.25, 0.3) is 11.0 Å². The number of pyridine rings is 2. The Kier molecular flexibility index (Phi) is 5.79. The summed E-state index contributed by atoms with van der Waals surface area (Å²) in [6.07, 6.45) is 7.10. The van der Waals surface area contributed by atoms with Gasteiger partial charge in [0.15, 0.2) is 0 Å². The van der Waals surface area contributed by atoms with Gasteiger partial charge >= 0.3 is 0 Å². The van der Waals surface area contributed by atoms with Crippen molar-refractivity contribution in [2.24, 2.45) is 7.05 Å². The number of aliphatic hydroxyl groups excluding tert-OH is 1. The predicted molar refractivity (Wildman–Crippen MR) is 140 cm³/mol. The van der Waals surface area contributed by atoms with Crippen molar-refractivity contribution in [2.75, 3.05) is 5.32 Å². The van der Waals surface area contributed by atoms with Crippen molar-refractivity contribution in [1.29, 1.82) is 0 Å². The molecule has 0 aliphatic heterocycles. The first kappa shape index (κ1) is 23.4. The summed E-state index contributed by atoms with van der Waals surface area (Å²) in [6.45, 7) is 1.53. The van der Waals surface area contributed by atoms with Crippen LogP contribution in [0.1, 0.15) is 55.8 Å². The minimum absolute atomic E-state index is 0.0410. The van der Waals surface area contributed by atoms with Crippen molar-refractivity contribution in [3.63, 3.8) is 0 Å². The average molecular weight is 500 g/mol. The molecule has 4 aromatic rings. The molecule has 2 aliphatic rings. The lowest BCUT2D eigenvalue weighted by atomic mass is 9.88. The normalized spacial score (nSPS) is 19.0. The van der Waals surface area contributed by atoms with E-state index in [4.69, 9.17) is 9.72 Å². The fraction of sp³-hybridized carbons (Fsp3) is 0.357. The Morgan fingerprint density at radius 1 is 1.14 bits per heavy atom. The molecule has 6 rings (SSSR count). The molecule has 0 radical (unpaired) electrons. The molecule has 2 N–H and O–H groups in total. The lowest BCUT2D eigenvalue weighted by Gasteiger charge is -2.34. The van der Waals surface area contributed by atoms with Gasteiger partial charge in [-0.1, -0.05) is 0 Å². The Hall–Kier alpha value is -3.98. The first-order valence-electron chi connectivity index (χ1n) is 12.7. The molecule has 0 amide bonds. The molecule has 190 valence electrons. The van der Waals surface area contributed by atoms with Crippen LogP contribution in [0, 0.1) is 0 Å². The number of hydrogen-bond donors (Lipinski definition) is 2. The van der Waals surface area contributed by atoms with Crippen LogP contribution in [0.15, 0.2) is 53.6 Å². The summed E-state index contributed by atoms with van der Waals surface area (Å²) in [6, 6.07) is 10.9. The Labute approximate surface area is 213 Å². The van der Waals surface area contributed by atoms with Crippen molar-refractivity contribution >= 4 is 28.5 Å². The fourth-order valence-electron chi connectivity index (χ4n) is 4.86. The second-order valence-electron chi connectivity index (χ2n) is 10.1. The molecule has 1 aromatic carbocycles. The molecule has 9 heteroatoms. The summed E-state index contributed by atoms with van der Waals surface area (Å²) >= 11 is 0. The number of ketones is 1. The second kappa shape index (κ2) is 9.15. The van der Waals surface area contributed by atoms with E-state index in [-0.39, 0.29) is 23.8 Å². The zero-order valence-corrected chi connectivity index (χ0v) is 20.8. The number of carbonyl (C=O) groups is 1. The molecule has 3 aromatic heterocycles. The number of hydrogen-bond acceptors (Lipinski definition) is 7. The molecular weight excluding hydrogens is 470 g/mol. The number of imidazole rings is 1. The van der Waals surface area contributed by atoms with Crippen LogP contribution in [0.4, 0.5) is 11.6 Å². The van der Waals surface area contributed by atoms with Crippen molar-refractivity contribution < 1.29 is 14.6 Å². The molecule has 2 fully saturated rings. The number of rotatable bonds is 8. The van der Waals surface area contributed by atoms with Crippen LogP contribution in [0.2, 0.25) is 0 Å².